The first kappa shape index (κ1) is 19.6. The molecule has 2 aromatic heterocycles. The second-order valence-corrected chi connectivity index (χ2v) is 7.98. The maximum Gasteiger partial charge on any atom is 0.227 e. The molecule has 1 aliphatic rings. The number of ether oxygens (including phenoxy) is 1. The van der Waals surface area contributed by atoms with E-state index in [-0.39, 0.29) is 17.5 Å². The van der Waals surface area contributed by atoms with Crippen molar-refractivity contribution in [2.75, 3.05) is 31.1 Å². The van der Waals surface area contributed by atoms with Crippen molar-refractivity contribution in [1.82, 2.24) is 14.9 Å². The number of amides is 1. The highest BCUT2D eigenvalue weighted by Crippen LogP contribution is 2.27. The van der Waals surface area contributed by atoms with Crippen LogP contribution in [0.1, 0.15) is 4.88 Å². The molecular weight excluding hydrogens is 415 g/mol. The molecule has 3 heterocycles. The minimum atomic E-state index is -0.560. The van der Waals surface area contributed by atoms with Crippen LogP contribution in [0, 0.1) is 5.82 Å². The van der Waals surface area contributed by atoms with E-state index in [0.29, 0.717) is 43.4 Å². The highest BCUT2D eigenvalue weighted by Gasteiger charge is 2.22. The summed E-state index contributed by atoms with van der Waals surface area (Å²) in [6.07, 6.45) is 1.82. The largest absolute Gasteiger partial charge is 0.436 e. The second kappa shape index (κ2) is 8.75. The van der Waals surface area contributed by atoms with E-state index in [1.807, 2.05) is 22.4 Å². The smallest absolute Gasteiger partial charge is 0.227 e. The van der Waals surface area contributed by atoms with Crippen LogP contribution < -0.4 is 9.64 Å². The fourth-order valence-corrected chi connectivity index (χ4v) is 3.94. The van der Waals surface area contributed by atoms with Crippen LogP contribution in [0.15, 0.2) is 48.1 Å². The third-order valence-corrected chi connectivity index (χ3v) is 5.71. The van der Waals surface area contributed by atoms with Gasteiger partial charge >= 0.3 is 0 Å². The molecule has 6 nitrogen and oxygen atoms in total. The molecule has 1 aromatic carbocycles. The number of hydrogen-bond donors (Lipinski definition) is 0. The SMILES string of the molecule is O=C(Cc1cccs1)N1CCN(c2cc(Oc3ccc(Cl)cc3F)ncn2)CC1. The number of thiophene rings is 1. The lowest BCUT2D eigenvalue weighted by atomic mass is 10.2. The third-order valence-electron chi connectivity index (χ3n) is 4.60. The van der Waals surface area contributed by atoms with Crippen molar-refractivity contribution in [3.8, 4) is 11.6 Å². The van der Waals surface area contributed by atoms with Crippen molar-refractivity contribution >= 4 is 34.7 Å². The predicted molar refractivity (Wildman–Crippen MR) is 110 cm³/mol. The topological polar surface area (TPSA) is 58.6 Å². The van der Waals surface area contributed by atoms with Gasteiger partial charge in [-0.3, -0.25) is 4.79 Å². The maximum absolute atomic E-state index is 13.9. The summed E-state index contributed by atoms with van der Waals surface area (Å²) in [5.41, 5.74) is 0. The van der Waals surface area contributed by atoms with Gasteiger partial charge < -0.3 is 14.5 Å². The number of rotatable bonds is 5. The molecule has 0 radical (unpaired) electrons. The van der Waals surface area contributed by atoms with E-state index in [1.54, 1.807) is 23.5 Å². The molecule has 0 bridgehead atoms. The molecular formula is C20H18ClFN4O2S. The van der Waals surface area contributed by atoms with Crippen LogP contribution in [0.5, 0.6) is 11.6 Å². The zero-order chi connectivity index (χ0) is 20.2. The minimum absolute atomic E-state index is 0.0445. The van der Waals surface area contributed by atoms with E-state index >= 15 is 0 Å². The summed E-state index contributed by atoms with van der Waals surface area (Å²) in [6.45, 7) is 2.55. The van der Waals surface area contributed by atoms with E-state index in [9.17, 15) is 9.18 Å². The Morgan fingerprint density at radius 3 is 2.72 bits per heavy atom. The fourth-order valence-electron chi connectivity index (χ4n) is 3.09. The molecule has 0 saturated carbocycles. The van der Waals surface area contributed by atoms with Crippen molar-refractivity contribution in [2.45, 2.75) is 6.42 Å². The molecule has 1 fully saturated rings. The molecule has 0 unspecified atom stereocenters. The molecule has 9 heteroatoms. The summed E-state index contributed by atoms with van der Waals surface area (Å²) in [4.78, 5) is 25.8. The van der Waals surface area contributed by atoms with Gasteiger partial charge in [0.15, 0.2) is 11.6 Å². The van der Waals surface area contributed by atoms with Gasteiger partial charge in [0.25, 0.3) is 0 Å². The summed E-state index contributed by atoms with van der Waals surface area (Å²) in [5.74, 6) is 0.540. The minimum Gasteiger partial charge on any atom is -0.436 e. The highest BCUT2D eigenvalue weighted by molar-refractivity contribution is 7.10. The number of piperazine rings is 1. The molecule has 29 heavy (non-hydrogen) atoms. The number of benzene rings is 1. The molecule has 1 amide bonds. The molecule has 0 N–H and O–H groups in total. The Bertz CT molecular complexity index is 994. The van der Waals surface area contributed by atoms with E-state index in [0.717, 1.165) is 4.88 Å². The van der Waals surface area contributed by atoms with Gasteiger partial charge in [-0.25, -0.2) is 14.4 Å². The van der Waals surface area contributed by atoms with Gasteiger partial charge in [-0.15, -0.1) is 11.3 Å². The zero-order valence-electron chi connectivity index (χ0n) is 15.4. The van der Waals surface area contributed by atoms with Crippen LogP contribution in [0.25, 0.3) is 0 Å². The van der Waals surface area contributed by atoms with Crippen molar-refractivity contribution in [3.05, 3.63) is 63.8 Å². The Kier molecular flexibility index (Phi) is 5.92. The Balaban J connectivity index is 1.37. The Hall–Kier alpha value is -2.71. The number of anilines is 1. The van der Waals surface area contributed by atoms with Gasteiger partial charge in [0.05, 0.1) is 6.42 Å². The van der Waals surface area contributed by atoms with Crippen LogP contribution in [-0.2, 0) is 11.2 Å². The molecule has 0 atom stereocenters. The van der Waals surface area contributed by atoms with Gasteiger partial charge in [0, 0.05) is 42.1 Å². The number of nitrogens with zero attached hydrogens (tertiary/aromatic N) is 4. The predicted octanol–water partition coefficient (Wildman–Crippen LogP) is 4.01. The Morgan fingerprint density at radius 1 is 1.17 bits per heavy atom. The number of carbonyl (C=O) groups excluding carboxylic acids is 1. The van der Waals surface area contributed by atoms with Crippen molar-refractivity contribution in [1.29, 1.82) is 0 Å². The summed E-state index contributed by atoms with van der Waals surface area (Å²) < 4.78 is 19.5. The first-order valence-corrected chi connectivity index (χ1v) is 10.3. The van der Waals surface area contributed by atoms with Crippen LogP contribution >= 0.6 is 22.9 Å². The van der Waals surface area contributed by atoms with Gasteiger partial charge in [-0.2, -0.15) is 0 Å². The summed E-state index contributed by atoms with van der Waals surface area (Å²) >= 11 is 7.36. The fraction of sp³-hybridized carbons (Fsp3) is 0.250. The second-order valence-electron chi connectivity index (χ2n) is 6.52. The molecule has 4 rings (SSSR count). The van der Waals surface area contributed by atoms with Crippen LogP contribution in [0.3, 0.4) is 0 Å². The highest BCUT2D eigenvalue weighted by atomic mass is 35.5. The van der Waals surface area contributed by atoms with Gasteiger partial charge in [0.1, 0.15) is 12.1 Å². The Morgan fingerprint density at radius 2 is 2.00 bits per heavy atom. The zero-order valence-corrected chi connectivity index (χ0v) is 17.0. The molecule has 1 aliphatic heterocycles. The van der Waals surface area contributed by atoms with Gasteiger partial charge in [-0.05, 0) is 29.6 Å². The first-order chi connectivity index (χ1) is 14.1. The van der Waals surface area contributed by atoms with Gasteiger partial charge in [0.2, 0.25) is 11.8 Å². The Labute approximate surface area is 176 Å². The normalized spacial score (nSPS) is 14.1. The summed E-state index contributed by atoms with van der Waals surface area (Å²) in [6, 6.07) is 9.79. The molecule has 1 saturated heterocycles. The number of aromatic nitrogens is 2. The number of carbonyl (C=O) groups is 1. The molecule has 0 aliphatic carbocycles. The lowest BCUT2D eigenvalue weighted by Crippen LogP contribution is -2.49. The van der Waals surface area contributed by atoms with Gasteiger partial charge in [-0.1, -0.05) is 17.7 Å². The number of hydrogen-bond acceptors (Lipinski definition) is 6. The van der Waals surface area contributed by atoms with Crippen LogP contribution in [-0.4, -0.2) is 47.0 Å². The standard InChI is InChI=1S/C20H18ClFN4O2S/c21-14-3-4-17(16(22)10-14)28-19-12-18(23-13-24-19)25-5-7-26(8-6-25)20(27)11-15-2-1-9-29-15/h1-4,9-10,12-13H,5-8,11H2. The maximum atomic E-state index is 13.9. The molecule has 0 spiro atoms. The monoisotopic (exact) mass is 432 g/mol. The number of halogens is 2. The van der Waals surface area contributed by atoms with Crippen LogP contribution in [0.2, 0.25) is 5.02 Å². The average molecular weight is 433 g/mol. The van der Waals surface area contributed by atoms with Crippen LogP contribution in [0.4, 0.5) is 10.2 Å². The molecule has 150 valence electrons. The quantitative estimate of drug-likeness (QED) is 0.609. The first-order valence-electron chi connectivity index (χ1n) is 9.08. The third kappa shape index (κ3) is 4.83. The summed E-state index contributed by atoms with van der Waals surface area (Å²) in [5, 5.41) is 2.27. The average Bonchev–Trinajstić information content (AvgIpc) is 3.23. The lowest BCUT2D eigenvalue weighted by molar-refractivity contribution is -0.130. The summed E-state index contributed by atoms with van der Waals surface area (Å²) in [7, 11) is 0. The van der Waals surface area contributed by atoms with E-state index in [1.165, 1.54) is 18.5 Å². The van der Waals surface area contributed by atoms with Crippen molar-refractivity contribution in [2.24, 2.45) is 0 Å². The van der Waals surface area contributed by atoms with E-state index in [2.05, 4.69) is 14.9 Å². The molecule has 3 aromatic rings. The van der Waals surface area contributed by atoms with Crippen molar-refractivity contribution < 1.29 is 13.9 Å². The van der Waals surface area contributed by atoms with E-state index < -0.39 is 5.82 Å². The lowest BCUT2D eigenvalue weighted by Gasteiger charge is -2.35. The van der Waals surface area contributed by atoms with E-state index in [4.69, 9.17) is 16.3 Å². The van der Waals surface area contributed by atoms with Crippen molar-refractivity contribution in [3.63, 3.8) is 0 Å².